The summed E-state index contributed by atoms with van der Waals surface area (Å²) in [6, 6.07) is 13.8. The summed E-state index contributed by atoms with van der Waals surface area (Å²) in [5, 5.41) is 10.9. The number of likely N-dealkylation sites (N-methyl/N-ethyl adjacent to an activating group) is 1. The summed E-state index contributed by atoms with van der Waals surface area (Å²) in [6.45, 7) is 0.484. The van der Waals surface area contributed by atoms with E-state index < -0.39 is 5.60 Å². The average Bonchev–Trinajstić information content (AvgIpc) is 2.64. The minimum absolute atomic E-state index is 0.290. The van der Waals surface area contributed by atoms with Gasteiger partial charge in [-0.15, -0.1) is 0 Å². The maximum atomic E-state index is 13.0. The first-order chi connectivity index (χ1) is 8.61. The fourth-order valence-corrected chi connectivity index (χ4v) is 2.64. The van der Waals surface area contributed by atoms with Gasteiger partial charge in [0.1, 0.15) is 11.4 Å². The molecule has 1 unspecified atom stereocenters. The van der Waals surface area contributed by atoms with Crippen LogP contribution in [-0.2, 0) is 5.60 Å². The molecule has 92 valence electrons. The predicted molar refractivity (Wildman–Crippen MR) is 69.1 cm³/mol. The molecule has 1 aliphatic heterocycles. The van der Waals surface area contributed by atoms with Crippen LogP contribution in [0.1, 0.15) is 11.1 Å². The number of para-hydroxylation sites is 1. The predicted octanol–water partition coefficient (Wildman–Crippen LogP) is 2.51. The summed E-state index contributed by atoms with van der Waals surface area (Å²) in [7, 11) is 1.94. The minimum Gasteiger partial charge on any atom is -0.378 e. The van der Waals surface area contributed by atoms with Crippen LogP contribution >= 0.6 is 0 Å². The van der Waals surface area contributed by atoms with Crippen molar-refractivity contribution in [1.29, 1.82) is 0 Å². The maximum Gasteiger partial charge on any atom is 0.134 e. The van der Waals surface area contributed by atoms with Gasteiger partial charge in [0, 0.05) is 18.3 Å². The molecule has 0 amide bonds. The summed E-state index contributed by atoms with van der Waals surface area (Å²) in [5.41, 5.74) is 1.56. The van der Waals surface area contributed by atoms with Gasteiger partial charge >= 0.3 is 0 Å². The molecule has 18 heavy (non-hydrogen) atoms. The highest BCUT2D eigenvalue weighted by molar-refractivity contribution is 5.64. The molecule has 3 rings (SSSR count). The maximum absolute atomic E-state index is 13.0. The lowest BCUT2D eigenvalue weighted by atomic mass is 9.88. The third-order valence-electron chi connectivity index (χ3n) is 3.55. The molecule has 2 aromatic carbocycles. The highest BCUT2D eigenvalue weighted by atomic mass is 19.1. The molecule has 0 saturated carbocycles. The molecule has 0 radical (unpaired) electrons. The lowest BCUT2D eigenvalue weighted by molar-refractivity contribution is 0.0988. The lowest BCUT2D eigenvalue weighted by Gasteiger charge is -2.24. The molecule has 2 aromatic rings. The van der Waals surface area contributed by atoms with Crippen LogP contribution in [-0.4, -0.2) is 18.7 Å². The van der Waals surface area contributed by atoms with Gasteiger partial charge in [0.05, 0.1) is 6.54 Å². The first kappa shape index (κ1) is 11.2. The van der Waals surface area contributed by atoms with Gasteiger partial charge < -0.3 is 10.0 Å². The molecular weight excluding hydrogens is 229 g/mol. The number of hydrogen-bond acceptors (Lipinski definition) is 2. The molecule has 0 aromatic heterocycles. The number of nitrogens with zero attached hydrogens (tertiary/aromatic N) is 1. The Morgan fingerprint density at radius 3 is 2.50 bits per heavy atom. The monoisotopic (exact) mass is 243 g/mol. The zero-order valence-electron chi connectivity index (χ0n) is 10.1. The van der Waals surface area contributed by atoms with E-state index >= 15 is 0 Å². The van der Waals surface area contributed by atoms with E-state index in [4.69, 9.17) is 0 Å². The van der Waals surface area contributed by atoms with E-state index in [-0.39, 0.29) is 5.82 Å². The summed E-state index contributed by atoms with van der Waals surface area (Å²) in [5.74, 6) is -0.290. The Balaban J connectivity index is 2.14. The minimum atomic E-state index is -1.06. The van der Waals surface area contributed by atoms with Crippen molar-refractivity contribution in [2.45, 2.75) is 5.60 Å². The lowest BCUT2D eigenvalue weighted by Crippen LogP contribution is -2.32. The molecule has 0 bridgehead atoms. The van der Waals surface area contributed by atoms with Crippen molar-refractivity contribution < 1.29 is 9.50 Å². The average molecular weight is 243 g/mol. The van der Waals surface area contributed by atoms with Crippen molar-refractivity contribution in [3.63, 3.8) is 0 Å². The first-order valence-electron chi connectivity index (χ1n) is 5.90. The van der Waals surface area contributed by atoms with E-state index in [1.807, 2.05) is 36.2 Å². The summed E-state index contributed by atoms with van der Waals surface area (Å²) >= 11 is 0. The summed E-state index contributed by atoms with van der Waals surface area (Å²) in [4.78, 5) is 2.01. The van der Waals surface area contributed by atoms with E-state index in [1.165, 1.54) is 12.1 Å². The number of aliphatic hydroxyl groups is 1. The third-order valence-corrected chi connectivity index (χ3v) is 3.55. The van der Waals surface area contributed by atoms with E-state index in [2.05, 4.69) is 0 Å². The molecule has 0 aliphatic carbocycles. The Morgan fingerprint density at radius 1 is 1.11 bits per heavy atom. The van der Waals surface area contributed by atoms with Crippen LogP contribution in [0.4, 0.5) is 10.1 Å². The van der Waals surface area contributed by atoms with Crippen LogP contribution in [0.2, 0.25) is 0 Å². The summed E-state index contributed by atoms with van der Waals surface area (Å²) in [6.07, 6.45) is 0. The highest BCUT2D eigenvalue weighted by Gasteiger charge is 2.40. The molecule has 1 heterocycles. The van der Waals surface area contributed by atoms with Crippen LogP contribution in [0.5, 0.6) is 0 Å². The van der Waals surface area contributed by atoms with E-state index in [9.17, 15) is 9.50 Å². The molecule has 0 spiro atoms. The third kappa shape index (κ3) is 1.51. The molecule has 1 atom stereocenters. The van der Waals surface area contributed by atoms with E-state index in [0.29, 0.717) is 6.54 Å². The standard InChI is InChI=1S/C15H14FNO/c1-17-10-15(18,11-6-8-12(16)9-7-11)13-4-2-3-5-14(13)17/h2-9,18H,10H2,1H3. The first-order valence-corrected chi connectivity index (χ1v) is 5.90. The quantitative estimate of drug-likeness (QED) is 0.832. The second-order valence-electron chi connectivity index (χ2n) is 4.74. The largest absolute Gasteiger partial charge is 0.378 e. The number of halogens is 1. The van der Waals surface area contributed by atoms with Gasteiger partial charge in [0.15, 0.2) is 0 Å². The number of fused-ring (bicyclic) bond motifs is 1. The zero-order chi connectivity index (χ0) is 12.8. The Labute approximate surface area is 105 Å². The Bertz CT molecular complexity index is 581. The number of benzene rings is 2. The van der Waals surface area contributed by atoms with Crippen molar-refractivity contribution in [1.82, 2.24) is 0 Å². The summed E-state index contributed by atoms with van der Waals surface area (Å²) < 4.78 is 13.0. The van der Waals surface area contributed by atoms with Gasteiger partial charge in [-0.3, -0.25) is 0 Å². The number of β-amino-alcohol motifs (C(OH)–C–C–N with tert-alkyl or cyclic N) is 1. The highest BCUT2D eigenvalue weighted by Crippen LogP contribution is 2.42. The fraction of sp³-hybridized carbons (Fsp3) is 0.200. The molecular formula is C15H14FNO. The topological polar surface area (TPSA) is 23.5 Å². The Kier molecular flexibility index (Phi) is 2.38. The van der Waals surface area contributed by atoms with Crippen molar-refractivity contribution in [2.24, 2.45) is 0 Å². The molecule has 0 fully saturated rings. The molecule has 1 N–H and O–H groups in total. The van der Waals surface area contributed by atoms with Crippen LogP contribution in [0.3, 0.4) is 0 Å². The van der Waals surface area contributed by atoms with Crippen LogP contribution < -0.4 is 4.90 Å². The van der Waals surface area contributed by atoms with Gasteiger partial charge in [-0.1, -0.05) is 30.3 Å². The smallest absolute Gasteiger partial charge is 0.134 e. The second kappa shape index (κ2) is 3.82. The molecule has 3 heteroatoms. The van der Waals surface area contributed by atoms with Crippen molar-refractivity contribution in [2.75, 3.05) is 18.5 Å². The van der Waals surface area contributed by atoms with Gasteiger partial charge in [-0.2, -0.15) is 0 Å². The molecule has 1 aliphatic rings. The van der Waals surface area contributed by atoms with Crippen molar-refractivity contribution >= 4 is 5.69 Å². The Morgan fingerprint density at radius 2 is 1.78 bits per heavy atom. The van der Waals surface area contributed by atoms with Crippen molar-refractivity contribution in [3.8, 4) is 0 Å². The fourth-order valence-electron chi connectivity index (χ4n) is 2.64. The number of rotatable bonds is 1. The van der Waals surface area contributed by atoms with Gasteiger partial charge in [-0.25, -0.2) is 4.39 Å². The van der Waals surface area contributed by atoms with Crippen LogP contribution in [0.25, 0.3) is 0 Å². The molecule has 0 saturated heterocycles. The SMILES string of the molecule is CN1CC(O)(c2ccc(F)cc2)c2ccccc21. The number of hydrogen-bond donors (Lipinski definition) is 1. The van der Waals surface area contributed by atoms with Gasteiger partial charge in [0.2, 0.25) is 0 Å². The van der Waals surface area contributed by atoms with Gasteiger partial charge in [0.25, 0.3) is 0 Å². The Hall–Kier alpha value is -1.87. The second-order valence-corrected chi connectivity index (χ2v) is 4.74. The van der Waals surface area contributed by atoms with Gasteiger partial charge in [-0.05, 0) is 23.8 Å². The van der Waals surface area contributed by atoms with Crippen LogP contribution in [0, 0.1) is 5.82 Å². The van der Waals surface area contributed by atoms with Crippen LogP contribution in [0.15, 0.2) is 48.5 Å². The number of anilines is 1. The zero-order valence-corrected chi connectivity index (χ0v) is 10.1. The van der Waals surface area contributed by atoms with Crippen molar-refractivity contribution in [3.05, 3.63) is 65.5 Å². The normalized spacial score (nSPS) is 22.1. The van der Waals surface area contributed by atoms with E-state index in [1.54, 1.807) is 12.1 Å². The van der Waals surface area contributed by atoms with E-state index in [0.717, 1.165) is 16.8 Å². The molecule has 2 nitrogen and oxygen atoms in total.